The van der Waals surface area contributed by atoms with Gasteiger partial charge in [-0.15, -0.1) is 12.4 Å². The Hall–Kier alpha value is -1.31. The molecule has 0 aliphatic rings. The summed E-state index contributed by atoms with van der Waals surface area (Å²) in [6.07, 6.45) is 2.16. The molecule has 0 saturated carbocycles. The first kappa shape index (κ1) is 14.7. The maximum atomic E-state index is 6.15. The van der Waals surface area contributed by atoms with Gasteiger partial charge in [-0.1, -0.05) is 61.9 Å². The molecule has 1 nitrogen and oxygen atoms in total. The zero-order valence-electron chi connectivity index (χ0n) is 10.7. The van der Waals surface area contributed by atoms with E-state index in [4.69, 9.17) is 5.73 Å². The molecule has 0 aliphatic carbocycles. The van der Waals surface area contributed by atoms with Gasteiger partial charge >= 0.3 is 0 Å². The molecule has 18 heavy (non-hydrogen) atoms. The number of hydrogen-bond acceptors (Lipinski definition) is 1. The van der Waals surface area contributed by atoms with Gasteiger partial charge in [0.1, 0.15) is 0 Å². The van der Waals surface area contributed by atoms with Crippen LogP contribution in [-0.4, -0.2) is 0 Å². The summed E-state index contributed by atoms with van der Waals surface area (Å²) in [7, 11) is 0. The van der Waals surface area contributed by atoms with Gasteiger partial charge in [-0.25, -0.2) is 0 Å². The van der Waals surface area contributed by atoms with Gasteiger partial charge in [0.05, 0.1) is 0 Å². The first-order chi connectivity index (χ1) is 8.31. The SMILES string of the molecule is CCC[C@H](N)c1cccc(-c2ccccc2)c1.Cl. The molecule has 0 radical (unpaired) electrons. The van der Waals surface area contributed by atoms with Crippen LogP contribution in [0.4, 0.5) is 0 Å². The quantitative estimate of drug-likeness (QED) is 0.857. The molecule has 2 aromatic rings. The fraction of sp³-hybridized carbons (Fsp3) is 0.250. The van der Waals surface area contributed by atoms with Crippen molar-refractivity contribution in [1.29, 1.82) is 0 Å². The van der Waals surface area contributed by atoms with Crippen molar-refractivity contribution in [1.82, 2.24) is 0 Å². The molecule has 0 unspecified atom stereocenters. The van der Waals surface area contributed by atoms with E-state index in [2.05, 4.69) is 55.5 Å². The smallest absolute Gasteiger partial charge is 0.0294 e. The number of rotatable bonds is 4. The lowest BCUT2D eigenvalue weighted by Crippen LogP contribution is -2.09. The van der Waals surface area contributed by atoms with Gasteiger partial charge in [0.2, 0.25) is 0 Å². The molecule has 0 fully saturated rings. The molecule has 0 aromatic heterocycles. The maximum Gasteiger partial charge on any atom is 0.0294 e. The molecule has 0 bridgehead atoms. The fourth-order valence-electron chi connectivity index (χ4n) is 2.06. The molecule has 0 heterocycles. The zero-order valence-corrected chi connectivity index (χ0v) is 11.5. The Morgan fingerprint density at radius 3 is 2.28 bits per heavy atom. The van der Waals surface area contributed by atoms with E-state index in [1.54, 1.807) is 0 Å². The third kappa shape index (κ3) is 3.59. The van der Waals surface area contributed by atoms with E-state index in [1.807, 2.05) is 6.07 Å². The van der Waals surface area contributed by atoms with Crippen molar-refractivity contribution in [2.75, 3.05) is 0 Å². The molecule has 0 saturated heterocycles. The summed E-state index contributed by atoms with van der Waals surface area (Å²) < 4.78 is 0. The van der Waals surface area contributed by atoms with Gasteiger partial charge in [0, 0.05) is 6.04 Å². The molecular formula is C16H20ClN. The first-order valence-corrected chi connectivity index (χ1v) is 6.22. The summed E-state index contributed by atoms with van der Waals surface area (Å²) in [5.74, 6) is 0. The molecule has 2 heteroatoms. The van der Waals surface area contributed by atoms with E-state index in [0.717, 1.165) is 12.8 Å². The minimum Gasteiger partial charge on any atom is -0.324 e. The van der Waals surface area contributed by atoms with Crippen LogP contribution in [0, 0.1) is 0 Å². The highest BCUT2D eigenvalue weighted by atomic mass is 35.5. The van der Waals surface area contributed by atoms with Crippen LogP contribution in [0.3, 0.4) is 0 Å². The Morgan fingerprint density at radius 1 is 0.944 bits per heavy atom. The van der Waals surface area contributed by atoms with Crippen LogP contribution in [0.1, 0.15) is 31.4 Å². The van der Waals surface area contributed by atoms with E-state index in [9.17, 15) is 0 Å². The average Bonchev–Trinajstić information content (AvgIpc) is 2.40. The third-order valence-corrected chi connectivity index (χ3v) is 3.02. The second kappa shape index (κ2) is 7.20. The Balaban J connectivity index is 0.00000162. The van der Waals surface area contributed by atoms with Crippen molar-refractivity contribution in [3.8, 4) is 11.1 Å². The predicted octanol–water partition coefficient (Wildman–Crippen LogP) is 4.58. The fourth-order valence-corrected chi connectivity index (χ4v) is 2.06. The van der Waals surface area contributed by atoms with E-state index in [-0.39, 0.29) is 18.4 Å². The lowest BCUT2D eigenvalue weighted by Gasteiger charge is -2.12. The molecule has 2 aromatic carbocycles. The van der Waals surface area contributed by atoms with Gasteiger partial charge in [-0.05, 0) is 29.2 Å². The van der Waals surface area contributed by atoms with Crippen molar-refractivity contribution < 1.29 is 0 Å². The molecule has 0 amide bonds. The number of halogens is 1. The van der Waals surface area contributed by atoms with Crippen molar-refractivity contribution in [3.05, 3.63) is 60.2 Å². The molecule has 0 aliphatic heterocycles. The Labute approximate surface area is 115 Å². The van der Waals surface area contributed by atoms with E-state index < -0.39 is 0 Å². The van der Waals surface area contributed by atoms with E-state index in [0.29, 0.717) is 0 Å². The third-order valence-electron chi connectivity index (χ3n) is 3.02. The summed E-state index contributed by atoms with van der Waals surface area (Å²) in [4.78, 5) is 0. The highest BCUT2D eigenvalue weighted by molar-refractivity contribution is 5.85. The standard InChI is InChI=1S/C16H19N.ClH/c1-2-7-16(17)15-11-6-10-14(12-15)13-8-4-3-5-9-13;/h3-6,8-12,16H,2,7,17H2,1H3;1H/t16-;/m0./s1. The van der Waals surface area contributed by atoms with E-state index >= 15 is 0 Å². The monoisotopic (exact) mass is 261 g/mol. The largest absolute Gasteiger partial charge is 0.324 e. The normalized spacial score (nSPS) is 11.7. The first-order valence-electron chi connectivity index (χ1n) is 6.22. The van der Waals surface area contributed by atoms with Crippen LogP contribution in [0.25, 0.3) is 11.1 Å². The van der Waals surface area contributed by atoms with Gasteiger partial charge in [0.15, 0.2) is 0 Å². The second-order valence-electron chi connectivity index (χ2n) is 4.39. The predicted molar refractivity (Wildman–Crippen MR) is 81.0 cm³/mol. The van der Waals surface area contributed by atoms with Gasteiger partial charge in [0.25, 0.3) is 0 Å². The molecule has 2 rings (SSSR count). The lowest BCUT2D eigenvalue weighted by atomic mass is 9.98. The van der Waals surface area contributed by atoms with Gasteiger partial charge in [-0.2, -0.15) is 0 Å². The Kier molecular flexibility index (Phi) is 5.90. The highest BCUT2D eigenvalue weighted by Gasteiger charge is 2.05. The summed E-state index contributed by atoms with van der Waals surface area (Å²) in [6.45, 7) is 2.17. The summed E-state index contributed by atoms with van der Waals surface area (Å²) in [6, 6.07) is 19.1. The Morgan fingerprint density at radius 2 is 1.61 bits per heavy atom. The molecule has 1 atom stereocenters. The molecular weight excluding hydrogens is 242 g/mol. The van der Waals surface area contributed by atoms with Gasteiger partial charge in [-0.3, -0.25) is 0 Å². The maximum absolute atomic E-state index is 6.15. The van der Waals surface area contributed by atoms with Crippen LogP contribution in [0.2, 0.25) is 0 Å². The lowest BCUT2D eigenvalue weighted by molar-refractivity contribution is 0.638. The minimum absolute atomic E-state index is 0. The van der Waals surface area contributed by atoms with Crippen LogP contribution < -0.4 is 5.73 Å². The highest BCUT2D eigenvalue weighted by Crippen LogP contribution is 2.23. The molecule has 96 valence electrons. The summed E-state index contributed by atoms with van der Waals surface area (Å²) in [5, 5.41) is 0. The zero-order chi connectivity index (χ0) is 12.1. The van der Waals surface area contributed by atoms with Crippen LogP contribution in [0.15, 0.2) is 54.6 Å². The van der Waals surface area contributed by atoms with Crippen molar-refractivity contribution in [2.24, 2.45) is 5.73 Å². The number of hydrogen-bond donors (Lipinski definition) is 1. The molecule has 0 spiro atoms. The Bertz CT molecular complexity index is 468. The summed E-state index contributed by atoms with van der Waals surface area (Å²) >= 11 is 0. The number of benzene rings is 2. The van der Waals surface area contributed by atoms with Crippen molar-refractivity contribution in [3.63, 3.8) is 0 Å². The second-order valence-corrected chi connectivity index (χ2v) is 4.39. The van der Waals surface area contributed by atoms with Crippen LogP contribution in [-0.2, 0) is 0 Å². The minimum atomic E-state index is 0. The molecule has 2 N–H and O–H groups in total. The number of nitrogens with two attached hydrogens (primary N) is 1. The van der Waals surface area contributed by atoms with E-state index in [1.165, 1.54) is 16.7 Å². The van der Waals surface area contributed by atoms with Gasteiger partial charge < -0.3 is 5.73 Å². The summed E-state index contributed by atoms with van der Waals surface area (Å²) in [5.41, 5.74) is 9.88. The van der Waals surface area contributed by atoms with Crippen LogP contribution >= 0.6 is 12.4 Å². The van der Waals surface area contributed by atoms with Crippen LogP contribution in [0.5, 0.6) is 0 Å². The average molecular weight is 262 g/mol. The topological polar surface area (TPSA) is 26.0 Å². The van der Waals surface area contributed by atoms with Crippen molar-refractivity contribution in [2.45, 2.75) is 25.8 Å². The van der Waals surface area contributed by atoms with Crippen molar-refractivity contribution >= 4 is 12.4 Å².